The summed E-state index contributed by atoms with van der Waals surface area (Å²) in [5.41, 5.74) is 2.28. The largest absolute Gasteiger partial charge is 0.468 e. The van der Waals surface area contributed by atoms with Crippen LogP contribution in [0.3, 0.4) is 0 Å². The molecular weight excluding hydrogens is 735 g/mol. The molecule has 10 rings (SSSR count). The Morgan fingerprint density at radius 1 is 0.534 bits per heavy atom. The van der Waals surface area contributed by atoms with Crippen LogP contribution in [0.5, 0.6) is 0 Å². The third kappa shape index (κ3) is 4.70. The van der Waals surface area contributed by atoms with Gasteiger partial charge in [0.25, 0.3) is 0 Å². The van der Waals surface area contributed by atoms with E-state index in [1.165, 1.54) is 7.11 Å². The number of nitrogens with zero attached hydrogens (tertiary/aromatic N) is 7. The van der Waals surface area contributed by atoms with E-state index < -0.39 is 70.9 Å². The number of rotatable bonds is 7. The summed E-state index contributed by atoms with van der Waals surface area (Å²) in [4.78, 5) is 80.3. The maximum Gasteiger partial charge on any atom is 0.328 e. The first-order valence-corrected chi connectivity index (χ1v) is 19.1. The second-order valence-corrected chi connectivity index (χ2v) is 15.2. The molecule has 4 unspecified atom stereocenters. The maximum atomic E-state index is 15.3. The van der Waals surface area contributed by atoms with Gasteiger partial charge in [0.2, 0.25) is 23.6 Å². The highest BCUT2D eigenvalue weighted by molar-refractivity contribution is 6.28. The molecule has 58 heavy (non-hydrogen) atoms. The Hall–Kier alpha value is -6.99. The highest BCUT2D eigenvalue weighted by atomic mass is 16.5. The summed E-state index contributed by atoms with van der Waals surface area (Å²) in [6.07, 6.45) is 3.63. The van der Waals surface area contributed by atoms with E-state index in [0.29, 0.717) is 33.9 Å². The van der Waals surface area contributed by atoms with Crippen molar-refractivity contribution in [1.82, 2.24) is 24.5 Å². The molecule has 0 bridgehead atoms. The van der Waals surface area contributed by atoms with Crippen LogP contribution < -0.4 is 9.80 Å². The lowest BCUT2D eigenvalue weighted by Gasteiger charge is -2.41. The van der Waals surface area contributed by atoms with Crippen molar-refractivity contribution >= 4 is 41.0 Å². The van der Waals surface area contributed by atoms with Crippen LogP contribution in [-0.4, -0.2) is 66.7 Å². The number of hydrogen-bond acceptors (Lipinski definition) is 9. The predicted octanol–water partition coefficient (Wildman–Crippen LogP) is 5.31. The minimum absolute atomic E-state index is 0.333. The summed E-state index contributed by atoms with van der Waals surface area (Å²) in [5, 5.41) is 9.76. The molecule has 0 N–H and O–H groups in total. The molecule has 13 heteroatoms. The van der Waals surface area contributed by atoms with Crippen LogP contribution in [0.2, 0.25) is 0 Å². The van der Waals surface area contributed by atoms with Crippen molar-refractivity contribution in [3.05, 3.63) is 156 Å². The van der Waals surface area contributed by atoms with Gasteiger partial charge in [0, 0.05) is 23.5 Å². The fraction of sp³-hybridized carbons (Fsp3) is 0.222. The highest BCUT2D eigenvalue weighted by Crippen LogP contribution is 2.70. The van der Waals surface area contributed by atoms with Crippen molar-refractivity contribution in [2.24, 2.45) is 23.7 Å². The number of aromatic nitrogens is 4. The molecule has 13 nitrogen and oxygen atoms in total. The number of aryl methyl sites for hydroxylation is 2. The van der Waals surface area contributed by atoms with E-state index >= 15 is 24.0 Å². The maximum absolute atomic E-state index is 15.3. The molecule has 288 valence electrons. The van der Waals surface area contributed by atoms with E-state index in [0.717, 1.165) is 21.2 Å². The van der Waals surface area contributed by atoms with Crippen molar-refractivity contribution in [2.75, 3.05) is 16.9 Å². The summed E-state index contributed by atoms with van der Waals surface area (Å²) >= 11 is 0. The normalized spacial score (nSPS) is 26.3. The highest BCUT2D eigenvalue weighted by Gasteiger charge is 2.84. The number of ether oxygens (including phenoxy) is 1. The Bertz CT molecular complexity index is 2470. The number of methoxy groups -OCH3 is 1. The Balaban J connectivity index is 1.27. The van der Waals surface area contributed by atoms with E-state index in [2.05, 4.69) is 0 Å². The van der Waals surface area contributed by atoms with Gasteiger partial charge in [-0.05, 0) is 62.4 Å². The summed E-state index contributed by atoms with van der Waals surface area (Å²) in [5.74, 6) is -8.45. The van der Waals surface area contributed by atoms with Crippen LogP contribution in [0.25, 0.3) is 11.4 Å². The Kier molecular flexibility index (Phi) is 7.96. The van der Waals surface area contributed by atoms with Crippen molar-refractivity contribution in [3.63, 3.8) is 0 Å². The molecule has 0 saturated carbocycles. The Morgan fingerprint density at radius 3 is 1.22 bits per heavy atom. The lowest BCUT2D eigenvalue weighted by Crippen LogP contribution is -2.61. The Labute approximate surface area is 333 Å². The molecule has 4 saturated heterocycles. The lowest BCUT2D eigenvalue weighted by atomic mass is 9.69. The topological polar surface area (TPSA) is 140 Å². The first-order chi connectivity index (χ1) is 28.2. The number of carbonyl (C=O) groups is 5. The minimum atomic E-state index is -2.12. The van der Waals surface area contributed by atoms with Crippen LogP contribution in [0.15, 0.2) is 134 Å². The smallest absolute Gasteiger partial charge is 0.328 e. The van der Waals surface area contributed by atoms with Crippen molar-refractivity contribution in [3.8, 4) is 11.4 Å². The molecule has 4 aliphatic heterocycles. The van der Waals surface area contributed by atoms with Gasteiger partial charge in [0.15, 0.2) is 0 Å². The van der Waals surface area contributed by atoms with Gasteiger partial charge in [-0.1, -0.05) is 72.8 Å². The van der Waals surface area contributed by atoms with Crippen molar-refractivity contribution in [1.29, 1.82) is 0 Å². The van der Waals surface area contributed by atoms with Gasteiger partial charge in [0.05, 0.1) is 77.0 Å². The SMILES string of the molecule is COC(=O)C12C3C(=O)N(c4ccccc4)C(=O)C3C(c3cn(-c4ccccc4)nc3C)N1[C@H](c1cn(-c3ccccc3)nc1C)[C@@H]1C(=O)N(c3ccccc3)C(=O)[C@@H]12. The lowest BCUT2D eigenvalue weighted by molar-refractivity contribution is -0.162. The number of esters is 1. The fourth-order valence-electron chi connectivity index (χ4n) is 10.3. The van der Waals surface area contributed by atoms with Gasteiger partial charge >= 0.3 is 5.97 Å². The molecule has 4 amide bonds. The molecule has 4 fully saturated rings. The zero-order valence-electron chi connectivity index (χ0n) is 31.7. The number of para-hydroxylation sites is 4. The summed E-state index contributed by atoms with van der Waals surface area (Å²) in [7, 11) is 1.21. The molecule has 4 aliphatic rings. The van der Waals surface area contributed by atoms with Crippen LogP contribution in [-0.2, 0) is 28.7 Å². The summed E-state index contributed by atoms with van der Waals surface area (Å²) < 4.78 is 9.10. The van der Waals surface area contributed by atoms with Crippen LogP contribution in [0, 0.1) is 37.5 Å². The molecule has 2 aromatic heterocycles. The average Bonchev–Trinajstić information content (AvgIpc) is 4.07. The van der Waals surface area contributed by atoms with Gasteiger partial charge in [-0.3, -0.25) is 24.1 Å². The van der Waals surface area contributed by atoms with E-state index in [9.17, 15) is 0 Å². The standard InChI is InChI=1S/C45H37N7O6/c1-26-32(24-48(46-26)28-16-8-4-9-17-28)38-34-36(42(55)50(40(34)53)30-20-12-6-13-21-30)45(44(57)58-3)37-35(41(54)51(43(37)56)31-22-14-7-15-23-31)39(52(38)45)33-25-49(47-27(33)2)29-18-10-5-11-19-29/h4-25,34-39H,1-3H3/t34-,35?,36-,37?,38-,39?,45?/m1/s1. The zero-order valence-corrected chi connectivity index (χ0v) is 31.7. The third-order valence-electron chi connectivity index (χ3n) is 12.5. The van der Waals surface area contributed by atoms with Gasteiger partial charge in [-0.25, -0.2) is 24.0 Å². The number of hydrogen-bond donors (Lipinski definition) is 0. The molecule has 6 heterocycles. The quantitative estimate of drug-likeness (QED) is 0.156. The molecular formula is C45H37N7O6. The molecule has 0 spiro atoms. The number of anilines is 2. The zero-order chi connectivity index (χ0) is 40.0. The van der Waals surface area contributed by atoms with Gasteiger partial charge < -0.3 is 4.74 Å². The van der Waals surface area contributed by atoms with Gasteiger partial charge in [-0.15, -0.1) is 0 Å². The first-order valence-electron chi connectivity index (χ1n) is 19.1. The van der Waals surface area contributed by atoms with E-state index in [4.69, 9.17) is 14.9 Å². The summed E-state index contributed by atoms with van der Waals surface area (Å²) in [6, 6.07) is 34.0. The van der Waals surface area contributed by atoms with Crippen molar-refractivity contribution in [2.45, 2.75) is 31.5 Å². The van der Waals surface area contributed by atoms with Gasteiger partial charge in [-0.2, -0.15) is 10.2 Å². The molecule has 0 radical (unpaired) electrons. The van der Waals surface area contributed by atoms with Crippen molar-refractivity contribution < 1.29 is 28.7 Å². The van der Waals surface area contributed by atoms with Crippen LogP contribution in [0.1, 0.15) is 34.6 Å². The third-order valence-corrected chi connectivity index (χ3v) is 12.5. The fourth-order valence-corrected chi connectivity index (χ4v) is 10.3. The van der Waals surface area contributed by atoms with E-state index in [1.807, 2.05) is 86.9 Å². The number of carbonyl (C=O) groups excluding carboxylic acids is 5. The van der Waals surface area contributed by atoms with Gasteiger partial charge in [0.1, 0.15) is 5.54 Å². The number of benzene rings is 4. The second-order valence-electron chi connectivity index (χ2n) is 15.2. The summed E-state index contributed by atoms with van der Waals surface area (Å²) in [6.45, 7) is 3.63. The van der Waals surface area contributed by atoms with Crippen LogP contribution >= 0.6 is 0 Å². The monoisotopic (exact) mass is 771 g/mol. The van der Waals surface area contributed by atoms with E-state index in [1.54, 1.807) is 74.9 Å². The van der Waals surface area contributed by atoms with Crippen LogP contribution in [0.4, 0.5) is 11.4 Å². The first kappa shape index (κ1) is 35.4. The number of amides is 4. The number of imide groups is 2. The molecule has 7 atom stereocenters. The molecule has 4 aromatic carbocycles. The van der Waals surface area contributed by atoms with E-state index in [-0.39, 0.29) is 0 Å². The Morgan fingerprint density at radius 2 is 0.879 bits per heavy atom. The second kappa shape index (κ2) is 13.0. The predicted molar refractivity (Wildman–Crippen MR) is 210 cm³/mol. The average molecular weight is 772 g/mol. The minimum Gasteiger partial charge on any atom is -0.468 e. The molecule has 0 aliphatic carbocycles. The molecule has 6 aromatic rings. The number of fused-ring (bicyclic) bond motifs is 5.